The Hall–Kier alpha value is -2.87. The van der Waals surface area contributed by atoms with Gasteiger partial charge in [-0.3, -0.25) is 4.79 Å². The van der Waals surface area contributed by atoms with E-state index in [1.807, 2.05) is 24.4 Å². The molecule has 1 saturated heterocycles. The predicted molar refractivity (Wildman–Crippen MR) is 108 cm³/mol. The highest BCUT2D eigenvalue weighted by Crippen LogP contribution is 2.40. The predicted octanol–water partition coefficient (Wildman–Crippen LogP) is 3.03. The van der Waals surface area contributed by atoms with E-state index in [2.05, 4.69) is 15.3 Å². The van der Waals surface area contributed by atoms with Crippen LogP contribution in [-0.2, 0) is 9.53 Å². The fraction of sp³-hybridized carbons (Fsp3) is 0.476. The van der Waals surface area contributed by atoms with Crippen LogP contribution >= 0.6 is 0 Å². The standard InChI is InChI=1S/C21H26N4O4/c1-27-18-10-15(19-12-25(13-26)8-9-29-19)6-7-17(18)23-21-22-11-16(14-4-3-5-14)20(24-21)28-2/h6-7,10-11,13-14,19H,3-5,8-9,12H2,1-2H3,(H,22,23,24). The van der Waals surface area contributed by atoms with E-state index in [9.17, 15) is 4.79 Å². The third kappa shape index (κ3) is 4.12. The number of hydrogen-bond acceptors (Lipinski definition) is 7. The van der Waals surface area contributed by atoms with Gasteiger partial charge in [-0.2, -0.15) is 4.98 Å². The molecule has 8 nitrogen and oxygen atoms in total. The topological polar surface area (TPSA) is 85.8 Å². The molecule has 1 amide bonds. The van der Waals surface area contributed by atoms with Crippen molar-refractivity contribution in [3.63, 3.8) is 0 Å². The number of hydrogen-bond donors (Lipinski definition) is 1. The smallest absolute Gasteiger partial charge is 0.230 e. The number of carbonyl (C=O) groups is 1. The third-order valence-corrected chi connectivity index (χ3v) is 5.61. The van der Waals surface area contributed by atoms with Crippen molar-refractivity contribution in [1.82, 2.24) is 14.9 Å². The summed E-state index contributed by atoms with van der Waals surface area (Å²) < 4.78 is 16.9. The van der Waals surface area contributed by atoms with Crippen LogP contribution in [-0.4, -0.2) is 55.2 Å². The fourth-order valence-electron chi connectivity index (χ4n) is 3.70. The average molecular weight is 398 g/mol. The minimum absolute atomic E-state index is 0.171. The van der Waals surface area contributed by atoms with Gasteiger partial charge in [0.15, 0.2) is 0 Å². The summed E-state index contributed by atoms with van der Waals surface area (Å²) in [4.78, 5) is 21.8. The van der Waals surface area contributed by atoms with Crippen LogP contribution in [0.3, 0.4) is 0 Å². The molecule has 8 heteroatoms. The van der Waals surface area contributed by atoms with Gasteiger partial charge in [0.05, 0.1) is 33.1 Å². The number of morpholine rings is 1. The normalized spacial score (nSPS) is 19.4. The van der Waals surface area contributed by atoms with Gasteiger partial charge in [-0.05, 0) is 36.5 Å². The van der Waals surface area contributed by atoms with Crippen molar-refractivity contribution in [2.75, 3.05) is 39.2 Å². The van der Waals surface area contributed by atoms with E-state index < -0.39 is 0 Å². The number of nitrogens with zero attached hydrogens (tertiary/aromatic N) is 3. The molecule has 1 aliphatic heterocycles. The molecule has 154 valence electrons. The Morgan fingerprint density at radius 2 is 2.14 bits per heavy atom. The van der Waals surface area contributed by atoms with Gasteiger partial charge < -0.3 is 24.4 Å². The Kier molecular flexibility index (Phi) is 5.80. The number of ether oxygens (including phenoxy) is 3. The second-order valence-corrected chi connectivity index (χ2v) is 7.33. The van der Waals surface area contributed by atoms with Crippen LogP contribution in [0, 0.1) is 0 Å². The zero-order chi connectivity index (χ0) is 20.2. The highest BCUT2D eigenvalue weighted by molar-refractivity contribution is 5.64. The molecule has 1 aliphatic carbocycles. The van der Waals surface area contributed by atoms with Crippen LogP contribution in [0.5, 0.6) is 11.6 Å². The first-order valence-corrected chi connectivity index (χ1v) is 9.88. The van der Waals surface area contributed by atoms with E-state index in [0.29, 0.717) is 43.2 Å². The molecule has 1 unspecified atom stereocenters. The van der Waals surface area contributed by atoms with Crippen LogP contribution in [0.1, 0.15) is 42.4 Å². The Balaban J connectivity index is 1.53. The molecule has 0 bridgehead atoms. The number of methoxy groups -OCH3 is 2. The highest BCUT2D eigenvalue weighted by Gasteiger charge is 2.25. The number of amides is 1. The van der Waals surface area contributed by atoms with Crippen molar-refractivity contribution >= 4 is 18.0 Å². The lowest BCUT2D eigenvalue weighted by molar-refractivity contribution is -0.125. The van der Waals surface area contributed by atoms with E-state index in [1.54, 1.807) is 19.1 Å². The molecule has 1 N–H and O–H groups in total. The first-order valence-electron chi connectivity index (χ1n) is 9.88. The summed E-state index contributed by atoms with van der Waals surface area (Å²) in [6.45, 7) is 1.67. The number of aromatic nitrogens is 2. The molecular formula is C21H26N4O4. The molecule has 1 aromatic heterocycles. The minimum atomic E-state index is -0.171. The molecule has 0 radical (unpaired) electrons. The maximum atomic E-state index is 11.1. The zero-order valence-electron chi connectivity index (χ0n) is 16.8. The SMILES string of the molecule is COc1cc(C2CN(C=O)CCO2)ccc1Nc1ncc(C2CCC2)c(OC)n1. The van der Waals surface area contributed by atoms with Gasteiger partial charge in [0.1, 0.15) is 11.9 Å². The van der Waals surface area contributed by atoms with Gasteiger partial charge in [-0.25, -0.2) is 4.98 Å². The van der Waals surface area contributed by atoms with Gasteiger partial charge in [0.2, 0.25) is 18.2 Å². The first kappa shape index (κ1) is 19.4. The number of rotatable bonds is 7. The summed E-state index contributed by atoms with van der Waals surface area (Å²) in [5.41, 5.74) is 2.77. The summed E-state index contributed by atoms with van der Waals surface area (Å²) in [6.07, 6.45) is 6.10. The molecule has 2 fully saturated rings. The van der Waals surface area contributed by atoms with Crippen molar-refractivity contribution in [2.45, 2.75) is 31.3 Å². The van der Waals surface area contributed by atoms with Crippen molar-refractivity contribution < 1.29 is 19.0 Å². The Bertz CT molecular complexity index is 872. The van der Waals surface area contributed by atoms with E-state index in [4.69, 9.17) is 14.2 Å². The second-order valence-electron chi connectivity index (χ2n) is 7.33. The highest BCUT2D eigenvalue weighted by atomic mass is 16.5. The van der Waals surface area contributed by atoms with E-state index >= 15 is 0 Å². The summed E-state index contributed by atoms with van der Waals surface area (Å²) >= 11 is 0. The lowest BCUT2D eigenvalue weighted by Gasteiger charge is -2.30. The lowest BCUT2D eigenvalue weighted by atomic mass is 9.81. The number of benzene rings is 1. The summed E-state index contributed by atoms with van der Waals surface area (Å²) in [5, 5.41) is 3.22. The van der Waals surface area contributed by atoms with Crippen LogP contribution in [0.2, 0.25) is 0 Å². The van der Waals surface area contributed by atoms with Gasteiger partial charge >= 0.3 is 0 Å². The quantitative estimate of drug-likeness (QED) is 0.718. The van der Waals surface area contributed by atoms with Crippen LogP contribution in [0.15, 0.2) is 24.4 Å². The molecule has 4 rings (SSSR count). The number of carbonyl (C=O) groups excluding carboxylic acids is 1. The number of nitrogens with one attached hydrogen (secondary N) is 1. The van der Waals surface area contributed by atoms with Gasteiger partial charge in [-0.15, -0.1) is 0 Å². The molecule has 1 aromatic carbocycles. The van der Waals surface area contributed by atoms with Crippen molar-refractivity contribution in [2.24, 2.45) is 0 Å². The van der Waals surface area contributed by atoms with Gasteiger partial charge in [0.25, 0.3) is 0 Å². The summed E-state index contributed by atoms with van der Waals surface area (Å²) in [5.74, 6) is 2.22. The zero-order valence-corrected chi connectivity index (χ0v) is 16.8. The van der Waals surface area contributed by atoms with Crippen molar-refractivity contribution in [3.05, 3.63) is 35.5 Å². The molecule has 1 saturated carbocycles. The fourth-order valence-corrected chi connectivity index (χ4v) is 3.70. The average Bonchev–Trinajstić information content (AvgIpc) is 2.73. The molecule has 1 atom stereocenters. The maximum Gasteiger partial charge on any atom is 0.230 e. The van der Waals surface area contributed by atoms with Crippen LogP contribution < -0.4 is 14.8 Å². The second kappa shape index (κ2) is 8.65. The van der Waals surface area contributed by atoms with Gasteiger partial charge in [0, 0.05) is 18.3 Å². The summed E-state index contributed by atoms with van der Waals surface area (Å²) in [7, 11) is 3.25. The minimum Gasteiger partial charge on any atom is -0.495 e. The van der Waals surface area contributed by atoms with Gasteiger partial charge in [-0.1, -0.05) is 12.5 Å². The molecule has 2 aromatic rings. The lowest BCUT2D eigenvalue weighted by Crippen LogP contribution is -2.37. The molecule has 29 heavy (non-hydrogen) atoms. The Morgan fingerprint density at radius 1 is 1.28 bits per heavy atom. The Labute approximate surface area is 170 Å². The molecule has 2 aliphatic rings. The van der Waals surface area contributed by atoms with E-state index in [-0.39, 0.29) is 6.10 Å². The summed E-state index contributed by atoms with van der Waals surface area (Å²) in [6, 6.07) is 5.79. The van der Waals surface area contributed by atoms with Crippen molar-refractivity contribution in [1.29, 1.82) is 0 Å². The third-order valence-electron chi connectivity index (χ3n) is 5.61. The maximum absolute atomic E-state index is 11.1. The molecular weight excluding hydrogens is 372 g/mol. The van der Waals surface area contributed by atoms with Crippen LogP contribution in [0.25, 0.3) is 0 Å². The van der Waals surface area contributed by atoms with E-state index in [0.717, 1.165) is 36.1 Å². The first-order chi connectivity index (χ1) is 14.2. The Morgan fingerprint density at radius 3 is 2.83 bits per heavy atom. The molecule has 2 heterocycles. The largest absolute Gasteiger partial charge is 0.495 e. The number of anilines is 2. The molecule has 0 spiro atoms. The monoisotopic (exact) mass is 398 g/mol. The van der Waals surface area contributed by atoms with Crippen molar-refractivity contribution in [3.8, 4) is 11.6 Å². The van der Waals surface area contributed by atoms with E-state index in [1.165, 1.54) is 6.42 Å². The van der Waals surface area contributed by atoms with Crippen LogP contribution in [0.4, 0.5) is 11.6 Å².